The van der Waals surface area contributed by atoms with E-state index in [1.165, 1.54) is 30.4 Å². The summed E-state index contributed by atoms with van der Waals surface area (Å²) >= 11 is 0. The van der Waals surface area contributed by atoms with Crippen molar-refractivity contribution >= 4 is 0 Å². The molecule has 0 aliphatic heterocycles. The summed E-state index contributed by atoms with van der Waals surface area (Å²) in [6, 6.07) is 9.08. The highest BCUT2D eigenvalue weighted by Gasteiger charge is 2.40. The van der Waals surface area contributed by atoms with Crippen molar-refractivity contribution in [1.82, 2.24) is 5.43 Å². The Balaban J connectivity index is 2.11. The molecule has 3 nitrogen and oxygen atoms in total. The van der Waals surface area contributed by atoms with E-state index in [9.17, 15) is 0 Å². The predicted octanol–water partition coefficient (Wildman–Crippen LogP) is 3.36. The minimum absolute atomic E-state index is 0.0921. The summed E-state index contributed by atoms with van der Waals surface area (Å²) in [7, 11) is 0. The van der Waals surface area contributed by atoms with Gasteiger partial charge in [-0.2, -0.15) is 0 Å². The van der Waals surface area contributed by atoms with Gasteiger partial charge in [0.1, 0.15) is 0 Å². The fourth-order valence-corrected chi connectivity index (χ4v) is 3.57. The molecule has 0 spiro atoms. The van der Waals surface area contributed by atoms with Crippen LogP contribution < -0.4 is 11.3 Å². The van der Waals surface area contributed by atoms with E-state index < -0.39 is 0 Å². The predicted molar refractivity (Wildman–Crippen MR) is 88.1 cm³/mol. The third-order valence-electron chi connectivity index (χ3n) is 4.84. The van der Waals surface area contributed by atoms with Crippen molar-refractivity contribution in [3.8, 4) is 0 Å². The highest BCUT2D eigenvalue weighted by atomic mass is 16.5. The van der Waals surface area contributed by atoms with Gasteiger partial charge in [0.05, 0.1) is 11.6 Å². The Morgan fingerprint density at radius 3 is 2.24 bits per heavy atom. The molecule has 2 rings (SSSR count). The number of ether oxygens (including phenoxy) is 1. The van der Waals surface area contributed by atoms with Gasteiger partial charge in [-0.05, 0) is 43.7 Å². The van der Waals surface area contributed by atoms with Gasteiger partial charge >= 0.3 is 0 Å². The van der Waals surface area contributed by atoms with Crippen molar-refractivity contribution in [2.75, 3.05) is 6.61 Å². The van der Waals surface area contributed by atoms with Crippen LogP contribution in [-0.2, 0) is 17.6 Å². The van der Waals surface area contributed by atoms with E-state index in [2.05, 4.69) is 43.5 Å². The van der Waals surface area contributed by atoms with Gasteiger partial charge in [0.25, 0.3) is 0 Å². The first-order valence-corrected chi connectivity index (χ1v) is 8.42. The lowest BCUT2D eigenvalue weighted by molar-refractivity contribution is -0.0898. The Morgan fingerprint density at radius 2 is 1.71 bits per heavy atom. The molecule has 0 saturated heterocycles. The first kappa shape index (κ1) is 16.5. The number of nitrogens with two attached hydrogens (primary N) is 1. The molecule has 0 heterocycles. The zero-order chi connectivity index (χ0) is 15.1. The zero-order valence-electron chi connectivity index (χ0n) is 13.5. The topological polar surface area (TPSA) is 47.3 Å². The molecule has 1 unspecified atom stereocenters. The lowest BCUT2D eigenvalue weighted by atomic mass is 9.77. The van der Waals surface area contributed by atoms with Crippen LogP contribution in [-0.4, -0.2) is 18.2 Å². The number of aryl methyl sites for hydroxylation is 1. The summed E-state index contributed by atoms with van der Waals surface area (Å²) in [4.78, 5) is 0. The van der Waals surface area contributed by atoms with Crippen LogP contribution >= 0.6 is 0 Å². The number of rotatable bonds is 7. The maximum absolute atomic E-state index is 6.20. The second kappa shape index (κ2) is 7.92. The van der Waals surface area contributed by atoms with Crippen LogP contribution in [0.15, 0.2) is 24.3 Å². The van der Waals surface area contributed by atoms with Crippen LogP contribution in [0.3, 0.4) is 0 Å². The lowest BCUT2D eigenvalue weighted by Gasteiger charge is -2.43. The van der Waals surface area contributed by atoms with E-state index in [0.717, 1.165) is 32.3 Å². The average molecular weight is 290 g/mol. The van der Waals surface area contributed by atoms with Gasteiger partial charge in [-0.25, -0.2) is 0 Å². The van der Waals surface area contributed by atoms with Crippen molar-refractivity contribution in [3.05, 3.63) is 35.4 Å². The second-order valence-corrected chi connectivity index (χ2v) is 6.15. The third-order valence-corrected chi connectivity index (χ3v) is 4.84. The molecule has 1 atom stereocenters. The van der Waals surface area contributed by atoms with Crippen LogP contribution in [0.4, 0.5) is 0 Å². The lowest BCUT2D eigenvalue weighted by Crippen LogP contribution is -2.57. The maximum Gasteiger partial charge on any atom is 0.0851 e. The SMILES string of the molecule is CCOC1(C(Cc2ccc(CC)cc2)NN)CCCCC1. The largest absolute Gasteiger partial charge is 0.374 e. The Bertz CT molecular complexity index is 404. The summed E-state index contributed by atoms with van der Waals surface area (Å²) < 4.78 is 6.20. The Labute approximate surface area is 129 Å². The standard InChI is InChI=1S/C18H30N2O/c1-3-15-8-10-16(11-9-15)14-17(20-19)18(21-4-2)12-6-5-7-13-18/h8-11,17,20H,3-7,12-14,19H2,1-2H3. The van der Waals surface area contributed by atoms with Crippen molar-refractivity contribution in [1.29, 1.82) is 0 Å². The molecule has 0 aromatic heterocycles. The highest BCUT2D eigenvalue weighted by Crippen LogP contribution is 2.35. The maximum atomic E-state index is 6.20. The van der Waals surface area contributed by atoms with Gasteiger partial charge in [-0.15, -0.1) is 0 Å². The van der Waals surface area contributed by atoms with Gasteiger partial charge in [-0.3, -0.25) is 11.3 Å². The number of benzene rings is 1. The van der Waals surface area contributed by atoms with Crippen molar-refractivity contribution < 1.29 is 4.74 Å². The average Bonchev–Trinajstić information content (AvgIpc) is 2.54. The molecule has 1 aromatic rings. The molecule has 1 saturated carbocycles. The van der Waals surface area contributed by atoms with E-state index in [0.29, 0.717) is 0 Å². The smallest absolute Gasteiger partial charge is 0.0851 e. The third kappa shape index (κ3) is 4.06. The number of hydrogen-bond acceptors (Lipinski definition) is 3. The Morgan fingerprint density at radius 1 is 1.10 bits per heavy atom. The molecule has 1 fully saturated rings. The first-order valence-electron chi connectivity index (χ1n) is 8.42. The van der Waals surface area contributed by atoms with E-state index in [1.54, 1.807) is 0 Å². The van der Waals surface area contributed by atoms with Crippen molar-refractivity contribution in [2.45, 2.75) is 70.4 Å². The van der Waals surface area contributed by atoms with Gasteiger partial charge in [-0.1, -0.05) is 50.5 Å². The van der Waals surface area contributed by atoms with E-state index >= 15 is 0 Å². The summed E-state index contributed by atoms with van der Waals surface area (Å²) in [5.74, 6) is 5.89. The molecule has 1 aliphatic carbocycles. The summed E-state index contributed by atoms with van der Waals surface area (Å²) in [6.07, 6.45) is 8.05. The molecule has 3 N–H and O–H groups in total. The molecule has 21 heavy (non-hydrogen) atoms. The van der Waals surface area contributed by atoms with Crippen molar-refractivity contribution in [2.24, 2.45) is 5.84 Å². The normalized spacial score (nSPS) is 19.4. The van der Waals surface area contributed by atoms with E-state index in [1.807, 2.05) is 0 Å². The first-order chi connectivity index (χ1) is 10.2. The van der Waals surface area contributed by atoms with Gasteiger partial charge < -0.3 is 4.74 Å². The number of hydrogen-bond donors (Lipinski definition) is 2. The molecule has 0 amide bonds. The number of hydrazine groups is 1. The molecule has 0 radical (unpaired) electrons. The van der Waals surface area contributed by atoms with Gasteiger partial charge in [0, 0.05) is 6.61 Å². The van der Waals surface area contributed by atoms with Crippen molar-refractivity contribution in [3.63, 3.8) is 0 Å². The highest BCUT2D eigenvalue weighted by molar-refractivity contribution is 5.24. The molecule has 0 bridgehead atoms. The Kier molecular flexibility index (Phi) is 6.22. The fourth-order valence-electron chi connectivity index (χ4n) is 3.57. The monoisotopic (exact) mass is 290 g/mol. The van der Waals surface area contributed by atoms with Crippen LogP contribution in [0.25, 0.3) is 0 Å². The van der Waals surface area contributed by atoms with Crippen LogP contribution in [0.1, 0.15) is 57.1 Å². The number of nitrogens with one attached hydrogen (secondary N) is 1. The minimum Gasteiger partial charge on any atom is -0.374 e. The van der Waals surface area contributed by atoms with E-state index in [-0.39, 0.29) is 11.6 Å². The van der Waals surface area contributed by atoms with Gasteiger partial charge in [0.2, 0.25) is 0 Å². The molecule has 1 aromatic carbocycles. The Hall–Kier alpha value is -0.900. The molecular weight excluding hydrogens is 260 g/mol. The summed E-state index contributed by atoms with van der Waals surface area (Å²) in [5, 5.41) is 0. The van der Waals surface area contributed by atoms with Crippen LogP contribution in [0.5, 0.6) is 0 Å². The van der Waals surface area contributed by atoms with E-state index in [4.69, 9.17) is 10.6 Å². The zero-order valence-corrected chi connectivity index (χ0v) is 13.5. The molecular formula is C18H30N2O. The summed E-state index contributed by atoms with van der Waals surface area (Å²) in [5.41, 5.74) is 5.67. The molecule has 1 aliphatic rings. The summed E-state index contributed by atoms with van der Waals surface area (Å²) in [6.45, 7) is 5.03. The quantitative estimate of drug-likeness (QED) is 0.598. The van der Waals surface area contributed by atoms with Crippen LogP contribution in [0, 0.1) is 0 Å². The van der Waals surface area contributed by atoms with Crippen LogP contribution in [0.2, 0.25) is 0 Å². The van der Waals surface area contributed by atoms with Gasteiger partial charge in [0.15, 0.2) is 0 Å². The molecule has 3 heteroatoms. The fraction of sp³-hybridized carbons (Fsp3) is 0.667. The second-order valence-electron chi connectivity index (χ2n) is 6.15. The molecule has 118 valence electrons. The minimum atomic E-state index is -0.0921.